The van der Waals surface area contributed by atoms with E-state index in [2.05, 4.69) is 22.1 Å². The number of sulfonamides is 1. The lowest BCUT2D eigenvalue weighted by atomic mass is 9.89. The second-order valence-electron chi connectivity index (χ2n) is 6.61. The number of halogens is 1. The van der Waals surface area contributed by atoms with Crippen molar-refractivity contribution < 1.29 is 8.42 Å². The summed E-state index contributed by atoms with van der Waals surface area (Å²) in [5.74, 6) is 0.291. The van der Waals surface area contributed by atoms with E-state index in [-0.39, 0.29) is 10.0 Å². The Morgan fingerprint density at radius 3 is 2.62 bits per heavy atom. The summed E-state index contributed by atoms with van der Waals surface area (Å²) in [6, 6.07) is 2.01. The van der Waals surface area contributed by atoms with Gasteiger partial charge in [0.2, 0.25) is 10.0 Å². The molecule has 3 aromatic rings. The van der Waals surface area contributed by atoms with Crippen molar-refractivity contribution in [2.45, 2.75) is 30.6 Å². The van der Waals surface area contributed by atoms with Gasteiger partial charge in [-0.05, 0) is 42.9 Å². The molecule has 0 radical (unpaired) electrons. The highest BCUT2D eigenvalue weighted by Crippen LogP contribution is 2.33. The Labute approximate surface area is 156 Å². The molecule has 3 aromatic heterocycles. The number of nitrogens with zero attached hydrogens (tertiary/aromatic N) is 6. The third-order valence-corrected chi connectivity index (χ3v) is 7.22. The van der Waals surface area contributed by atoms with E-state index in [9.17, 15) is 8.42 Å². The highest BCUT2D eigenvalue weighted by molar-refractivity contribution is 7.89. The summed E-state index contributed by atoms with van der Waals surface area (Å²) in [7, 11) is -1.97. The SMILES string of the molecule is Cc1cc2ncnn2cc1C1CCN(S(=O)(=O)c2cn(C)nc2Cl)CC1. The number of pyridine rings is 1. The Kier molecular flexibility index (Phi) is 4.25. The van der Waals surface area contributed by atoms with Crippen LogP contribution in [0.2, 0.25) is 5.15 Å². The lowest BCUT2D eigenvalue weighted by Crippen LogP contribution is -2.38. The molecule has 1 fully saturated rings. The van der Waals surface area contributed by atoms with Crippen molar-refractivity contribution in [2.75, 3.05) is 13.1 Å². The average Bonchev–Trinajstić information content (AvgIpc) is 3.19. The monoisotopic (exact) mass is 394 g/mol. The molecule has 8 nitrogen and oxygen atoms in total. The van der Waals surface area contributed by atoms with Gasteiger partial charge in [0.15, 0.2) is 10.8 Å². The first-order chi connectivity index (χ1) is 12.4. The van der Waals surface area contributed by atoms with Crippen LogP contribution in [-0.4, -0.2) is 50.2 Å². The van der Waals surface area contributed by atoms with E-state index in [0.29, 0.717) is 19.0 Å². The van der Waals surface area contributed by atoms with Crippen LogP contribution >= 0.6 is 11.6 Å². The molecular weight excluding hydrogens is 376 g/mol. The molecule has 26 heavy (non-hydrogen) atoms. The van der Waals surface area contributed by atoms with E-state index in [1.807, 2.05) is 12.3 Å². The number of rotatable bonds is 3. The number of hydrogen-bond donors (Lipinski definition) is 0. The first kappa shape index (κ1) is 17.4. The van der Waals surface area contributed by atoms with Crippen molar-refractivity contribution in [1.82, 2.24) is 28.7 Å². The van der Waals surface area contributed by atoms with Gasteiger partial charge in [-0.15, -0.1) is 0 Å². The third kappa shape index (κ3) is 2.89. The number of piperidine rings is 1. The van der Waals surface area contributed by atoms with Gasteiger partial charge in [0.1, 0.15) is 11.2 Å². The summed E-state index contributed by atoms with van der Waals surface area (Å²) >= 11 is 5.99. The van der Waals surface area contributed by atoms with Gasteiger partial charge in [0, 0.05) is 32.5 Å². The van der Waals surface area contributed by atoms with Crippen molar-refractivity contribution in [1.29, 1.82) is 0 Å². The molecule has 0 N–H and O–H groups in total. The predicted octanol–water partition coefficient (Wildman–Crippen LogP) is 1.99. The minimum atomic E-state index is -3.62. The standard InChI is InChI=1S/C16H19ClN6O2S/c1-11-7-15-18-10-19-23(15)8-13(11)12-3-5-22(6-4-12)26(24,25)14-9-21(2)20-16(14)17/h7-10,12H,3-6H2,1-2H3. The summed E-state index contributed by atoms with van der Waals surface area (Å²) in [5, 5.41) is 8.14. The molecule has 1 aliphatic rings. The maximum atomic E-state index is 12.8. The molecule has 0 spiro atoms. The van der Waals surface area contributed by atoms with Crippen LogP contribution in [0.1, 0.15) is 29.9 Å². The zero-order valence-electron chi connectivity index (χ0n) is 14.5. The largest absolute Gasteiger partial charge is 0.273 e. The molecule has 0 aromatic carbocycles. The van der Waals surface area contributed by atoms with Crippen molar-refractivity contribution in [2.24, 2.45) is 7.05 Å². The van der Waals surface area contributed by atoms with Crippen molar-refractivity contribution in [3.8, 4) is 0 Å². The molecule has 4 rings (SSSR count). The number of aromatic nitrogens is 5. The molecule has 0 saturated carbocycles. The third-order valence-electron chi connectivity index (χ3n) is 4.93. The lowest BCUT2D eigenvalue weighted by molar-refractivity contribution is 0.318. The summed E-state index contributed by atoms with van der Waals surface area (Å²) < 4.78 is 30.4. The van der Waals surface area contributed by atoms with Crippen LogP contribution < -0.4 is 0 Å². The van der Waals surface area contributed by atoms with Gasteiger partial charge in [-0.3, -0.25) is 4.68 Å². The normalized spacial score (nSPS) is 17.2. The van der Waals surface area contributed by atoms with E-state index < -0.39 is 10.0 Å². The van der Waals surface area contributed by atoms with E-state index >= 15 is 0 Å². The second-order valence-corrected chi connectivity index (χ2v) is 8.88. The molecule has 0 bridgehead atoms. The van der Waals surface area contributed by atoms with Gasteiger partial charge in [-0.1, -0.05) is 11.6 Å². The molecule has 0 aliphatic carbocycles. The molecule has 1 saturated heterocycles. The van der Waals surface area contributed by atoms with Crippen LogP contribution in [0.25, 0.3) is 5.65 Å². The van der Waals surface area contributed by atoms with Crippen LogP contribution in [0.5, 0.6) is 0 Å². The maximum absolute atomic E-state index is 12.8. The molecule has 0 atom stereocenters. The number of hydrogen-bond acceptors (Lipinski definition) is 5. The molecule has 4 heterocycles. The first-order valence-corrected chi connectivity index (χ1v) is 10.2. The molecule has 1 aliphatic heterocycles. The van der Waals surface area contributed by atoms with Gasteiger partial charge in [-0.2, -0.15) is 14.5 Å². The van der Waals surface area contributed by atoms with Gasteiger partial charge in [0.25, 0.3) is 0 Å². The Hall–Kier alpha value is -1.97. The zero-order valence-corrected chi connectivity index (χ0v) is 16.1. The summed E-state index contributed by atoms with van der Waals surface area (Å²) in [5.41, 5.74) is 3.17. The Morgan fingerprint density at radius 1 is 1.23 bits per heavy atom. The van der Waals surface area contributed by atoms with Crippen molar-refractivity contribution in [3.63, 3.8) is 0 Å². The van der Waals surface area contributed by atoms with Crippen LogP contribution in [-0.2, 0) is 17.1 Å². The molecular formula is C16H19ClN6O2S. The van der Waals surface area contributed by atoms with Crippen LogP contribution in [0.3, 0.4) is 0 Å². The van der Waals surface area contributed by atoms with E-state index in [4.69, 9.17) is 11.6 Å². The Morgan fingerprint density at radius 2 is 1.96 bits per heavy atom. The van der Waals surface area contributed by atoms with Gasteiger partial charge >= 0.3 is 0 Å². The number of aryl methyl sites for hydroxylation is 2. The van der Waals surface area contributed by atoms with E-state index in [0.717, 1.165) is 24.1 Å². The van der Waals surface area contributed by atoms with Crippen LogP contribution in [0.15, 0.2) is 29.7 Å². The van der Waals surface area contributed by atoms with Crippen LogP contribution in [0.4, 0.5) is 0 Å². The van der Waals surface area contributed by atoms with Crippen molar-refractivity contribution >= 4 is 27.3 Å². The fraction of sp³-hybridized carbons (Fsp3) is 0.438. The minimum Gasteiger partial charge on any atom is -0.273 e. The maximum Gasteiger partial charge on any atom is 0.247 e. The van der Waals surface area contributed by atoms with Crippen LogP contribution in [0, 0.1) is 6.92 Å². The van der Waals surface area contributed by atoms with E-state index in [1.54, 1.807) is 11.6 Å². The van der Waals surface area contributed by atoms with Crippen molar-refractivity contribution in [3.05, 3.63) is 41.1 Å². The topological polar surface area (TPSA) is 85.4 Å². The first-order valence-electron chi connectivity index (χ1n) is 8.35. The molecule has 138 valence electrons. The zero-order chi connectivity index (χ0) is 18.5. The summed E-state index contributed by atoms with van der Waals surface area (Å²) in [6.07, 6.45) is 6.48. The minimum absolute atomic E-state index is 0.0158. The fourth-order valence-electron chi connectivity index (χ4n) is 3.56. The second kappa shape index (κ2) is 6.33. The predicted molar refractivity (Wildman–Crippen MR) is 96.7 cm³/mol. The molecule has 0 unspecified atom stereocenters. The summed E-state index contributed by atoms with van der Waals surface area (Å²) in [6.45, 7) is 2.96. The molecule has 10 heteroatoms. The van der Waals surface area contributed by atoms with Gasteiger partial charge in [-0.25, -0.2) is 17.9 Å². The van der Waals surface area contributed by atoms with E-state index in [1.165, 1.54) is 27.1 Å². The molecule has 0 amide bonds. The van der Waals surface area contributed by atoms with Gasteiger partial charge < -0.3 is 0 Å². The Bertz CT molecular complexity index is 1070. The smallest absolute Gasteiger partial charge is 0.247 e. The quantitative estimate of drug-likeness (QED) is 0.678. The number of fused-ring (bicyclic) bond motifs is 1. The highest BCUT2D eigenvalue weighted by atomic mass is 35.5. The Balaban J connectivity index is 1.55. The lowest BCUT2D eigenvalue weighted by Gasteiger charge is -2.31. The summed E-state index contributed by atoms with van der Waals surface area (Å²) in [4.78, 5) is 4.27. The highest BCUT2D eigenvalue weighted by Gasteiger charge is 2.33. The fourth-order valence-corrected chi connectivity index (χ4v) is 5.53. The average molecular weight is 395 g/mol. The van der Waals surface area contributed by atoms with Gasteiger partial charge in [0.05, 0.1) is 0 Å².